The van der Waals surface area contributed by atoms with Gasteiger partial charge in [-0.25, -0.2) is 0 Å². The van der Waals surface area contributed by atoms with E-state index in [1.54, 1.807) is 0 Å². The second-order valence-electron chi connectivity index (χ2n) is 5.04. The predicted molar refractivity (Wildman–Crippen MR) is 64.7 cm³/mol. The lowest BCUT2D eigenvalue weighted by Gasteiger charge is -2.36. The van der Waals surface area contributed by atoms with Crippen LogP contribution in [0.1, 0.15) is 52.4 Å². The quantitative estimate of drug-likeness (QED) is 0.754. The molecule has 0 aromatic heterocycles. The highest BCUT2D eigenvalue weighted by Crippen LogP contribution is 2.45. The Labute approximate surface area is 92.4 Å². The van der Waals surface area contributed by atoms with Gasteiger partial charge in [0.2, 0.25) is 0 Å². The summed E-state index contributed by atoms with van der Waals surface area (Å²) < 4.78 is 0. The Balaban J connectivity index is 1.83. The van der Waals surface area contributed by atoms with Crippen LogP contribution in [0.4, 0.5) is 0 Å². The first-order chi connectivity index (χ1) is 6.74. The van der Waals surface area contributed by atoms with E-state index in [4.69, 9.17) is 0 Å². The van der Waals surface area contributed by atoms with Crippen molar-refractivity contribution in [1.29, 1.82) is 0 Å². The fourth-order valence-electron chi connectivity index (χ4n) is 2.93. The van der Waals surface area contributed by atoms with E-state index in [2.05, 4.69) is 30.9 Å². The molecule has 1 atom stereocenters. The molecule has 0 aromatic rings. The Morgan fingerprint density at radius 2 is 2.07 bits per heavy atom. The molecule has 1 aliphatic carbocycles. The third-order valence-corrected chi connectivity index (χ3v) is 5.32. The summed E-state index contributed by atoms with van der Waals surface area (Å²) in [6.45, 7) is 5.89. The number of thioether (sulfide) groups is 1. The Kier molecular flexibility index (Phi) is 3.43. The molecule has 0 bridgehead atoms. The van der Waals surface area contributed by atoms with Gasteiger partial charge >= 0.3 is 0 Å². The Morgan fingerprint density at radius 1 is 1.36 bits per heavy atom. The van der Waals surface area contributed by atoms with Crippen molar-refractivity contribution in [2.45, 2.75) is 62.5 Å². The van der Waals surface area contributed by atoms with Crippen LogP contribution >= 0.6 is 11.8 Å². The molecule has 1 spiro atoms. The summed E-state index contributed by atoms with van der Waals surface area (Å²) in [6, 6.07) is 0. The lowest BCUT2D eigenvalue weighted by molar-refractivity contribution is 0.265. The average Bonchev–Trinajstić information content (AvgIpc) is 2.53. The van der Waals surface area contributed by atoms with Gasteiger partial charge in [-0.2, -0.15) is 0 Å². The molecule has 1 heterocycles. The van der Waals surface area contributed by atoms with Crippen LogP contribution in [0.15, 0.2) is 0 Å². The summed E-state index contributed by atoms with van der Waals surface area (Å²) in [5.74, 6) is 1.03. The molecule has 1 nitrogen and oxygen atoms in total. The minimum atomic E-state index is 0.490. The zero-order chi connectivity index (χ0) is 10.0. The molecule has 2 heteroatoms. The van der Waals surface area contributed by atoms with Gasteiger partial charge in [0.05, 0.1) is 4.87 Å². The van der Waals surface area contributed by atoms with Gasteiger partial charge in [-0.3, -0.25) is 0 Å². The van der Waals surface area contributed by atoms with Crippen molar-refractivity contribution in [1.82, 2.24) is 5.32 Å². The molecular weight excluding hydrogens is 190 g/mol. The SMILES string of the molecule is CCCC1CCC2(CC1)NCC(C)S2. The van der Waals surface area contributed by atoms with Crippen LogP contribution in [0.2, 0.25) is 0 Å². The van der Waals surface area contributed by atoms with Crippen molar-refractivity contribution < 1.29 is 0 Å². The molecule has 1 saturated carbocycles. The monoisotopic (exact) mass is 213 g/mol. The van der Waals surface area contributed by atoms with E-state index in [1.165, 1.54) is 45.1 Å². The van der Waals surface area contributed by atoms with E-state index >= 15 is 0 Å². The molecule has 0 amide bonds. The molecule has 1 aliphatic heterocycles. The maximum atomic E-state index is 3.75. The highest BCUT2D eigenvalue weighted by molar-refractivity contribution is 8.01. The van der Waals surface area contributed by atoms with E-state index < -0.39 is 0 Å². The minimum Gasteiger partial charge on any atom is -0.302 e. The molecular formula is C12H23NS. The van der Waals surface area contributed by atoms with Crippen molar-refractivity contribution in [3.63, 3.8) is 0 Å². The number of nitrogens with one attached hydrogen (secondary N) is 1. The van der Waals surface area contributed by atoms with E-state index in [1.807, 2.05) is 0 Å². The predicted octanol–water partition coefficient (Wildman–Crippen LogP) is 3.40. The van der Waals surface area contributed by atoms with Gasteiger partial charge in [0.15, 0.2) is 0 Å². The van der Waals surface area contributed by atoms with Crippen molar-refractivity contribution in [3.8, 4) is 0 Å². The van der Waals surface area contributed by atoms with Crippen LogP contribution in [-0.2, 0) is 0 Å². The van der Waals surface area contributed by atoms with E-state index in [0.717, 1.165) is 11.2 Å². The van der Waals surface area contributed by atoms with Crippen molar-refractivity contribution in [2.75, 3.05) is 6.54 Å². The van der Waals surface area contributed by atoms with Crippen LogP contribution in [0, 0.1) is 5.92 Å². The summed E-state index contributed by atoms with van der Waals surface area (Å²) in [5.41, 5.74) is 0. The van der Waals surface area contributed by atoms with Gasteiger partial charge in [-0.15, -0.1) is 11.8 Å². The molecule has 82 valence electrons. The van der Waals surface area contributed by atoms with Crippen LogP contribution in [0.25, 0.3) is 0 Å². The van der Waals surface area contributed by atoms with Crippen LogP contribution in [0.5, 0.6) is 0 Å². The van der Waals surface area contributed by atoms with Gasteiger partial charge in [0.1, 0.15) is 0 Å². The lowest BCUT2D eigenvalue weighted by Crippen LogP contribution is -2.40. The lowest BCUT2D eigenvalue weighted by atomic mass is 9.83. The van der Waals surface area contributed by atoms with Gasteiger partial charge in [0.25, 0.3) is 0 Å². The maximum absolute atomic E-state index is 3.75. The Morgan fingerprint density at radius 3 is 2.57 bits per heavy atom. The summed E-state index contributed by atoms with van der Waals surface area (Å²) in [6.07, 6.45) is 8.56. The van der Waals surface area contributed by atoms with Crippen molar-refractivity contribution >= 4 is 11.8 Å². The minimum absolute atomic E-state index is 0.490. The fraction of sp³-hybridized carbons (Fsp3) is 1.00. The summed E-state index contributed by atoms with van der Waals surface area (Å²) in [7, 11) is 0. The molecule has 2 rings (SSSR count). The molecule has 0 radical (unpaired) electrons. The fourth-order valence-corrected chi connectivity index (χ4v) is 4.51. The molecule has 14 heavy (non-hydrogen) atoms. The van der Waals surface area contributed by atoms with Crippen molar-refractivity contribution in [3.05, 3.63) is 0 Å². The Hall–Kier alpha value is 0.310. The second-order valence-corrected chi connectivity index (χ2v) is 6.86. The smallest absolute Gasteiger partial charge is 0.0648 e. The third kappa shape index (κ3) is 2.27. The molecule has 1 saturated heterocycles. The summed E-state index contributed by atoms with van der Waals surface area (Å²) in [4.78, 5) is 0.490. The molecule has 2 fully saturated rings. The molecule has 1 unspecified atom stereocenters. The normalized spacial score (nSPS) is 43.3. The van der Waals surface area contributed by atoms with E-state index in [0.29, 0.717) is 4.87 Å². The first-order valence-electron chi connectivity index (χ1n) is 6.17. The van der Waals surface area contributed by atoms with E-state index in [9.17, 15) is 0 Å². The van der Waals surface area contributed by atoms with E-state index in [-0.39, 0.29) is 0 Å². The first-order valence-corrected chi connectivity index (χ1v) is 7.05. The number of hydrogen-bond acceptors (Lipinski definition) is 2. The molecule has 1 N–H and O–H groups in total. The summed E-state index contributed by atoms with van der Waals surface area (Å²) in [5, 5.41) is 4.58. The van der Waals surface area contributed by atoms with Gasteiger partial charge in [0, 0.05) is 11.8 Å². The summed E-state index contributed by atoms with van der Waals surface area (Å²) >= 11 is 2.20. The largest absolute Gasteiger partial charge is 0.302 e. The van der Waals surface area contributed by atoms with Crippen LogP contribution < -0.4 is 5.32 Å². The maximum Gasteiger partial charge on any atom is 0.0648 e. The molecule has 2 aliphatic rings. The van der Waals surface area contributed by atoms with Crippen molar-refractivity contribution in [2.24, 2.45) is 5.92 Å². The standard InChI is InChI=1S/C12H23NS/c1-3-4-11-5-7-12(8-6-11)13-9-10(2)14-12/h10-11,13H,3-9H2,1-2H3. The third-order valence-electron chi connectivity index (χ3n) is 3.75. The zero-order valence-electron chi connectivity index (χ0n) is 9.51. The highest BCUT2D eigenvalue weighted by atomic mass is 32.2. The van der Waals surface area contributed by atoms with Gasteiger partial charge in [-0.1, -0.05) is 26.7 Å². The second kappa shape index (κ2) is 4.44. The van der Waals surface area contributed by atoms with Gasteiger partial charge in [-0.05, 0) is 31.6 Å². The molecule has 0 aromatic carbocycles. The average molecular weight is 213 g/mol. The van der Waals surface area contributed by atoms with Gasteiger partial charge < -0.3 is 5.32 Å². The topological polar surface area (TPSA) is 12.0 Å². The number of rotatable bonds is 2. The zero-order valence-corrected chi connectivity index (χ0v) is 10.3. The highest BCUT2D eigenvalue weighted by Gasteiger charge is 2.40. The van der Waals surface area contributed by atoms with Crippen LogP contribution in [0.3, 0.4) is 0 Å². The number of hydrogen-bond donors (Lipinski definition) is 1. The van der Waals surface area contributed by atoms with Crippen LogP contribution in [-0.4, -0.2) is 16.7 Å². The first kappa shape index (κ1) is 10.8. The Bertz CT molecular complexity index is 185.